The molecule has 1 N–H and O–H groups in total. The van der Waals surface area contributed by atoms with Gasteiger partial charge in [0, 0.05) is 17.4 Å². The molecule has 0 aromatic heterocycles. The summed E-state index contributed by atoms with van der Waals surface area (Å²) in [5, 5.41) is 9.69. The summed E-state index contributed by atoms with van der Waals surface area (Å²) < 4.78 is 6.08. The lowest BCUT2D eigenvalue weighted by Crippen LogP contribution is -2.45. The average molecular weight is 258 g/mol. The Bertz CT molecular complexity index is 557. The second-order valence-electron chi connectivity index (χ2n) is 5.96. The summed E-state index contributed by atoms with van der Waals surface area (Å²) in [5.41, 5.74) is 1.59. The van der Waals surface area contributed by atoms with Crippen LogP contribution in [0, 0.1) is 5.92 Å². The zero-order valence-electron chi connectivity index (χ0n) is 11.2. The molecule has 0 saturated heterocycles. The molecule has 3 nitrogen and oxygen atoms in total. The molecule has 0 fully saturated rings. The summed E-state index contributed by atoms with van der Waals surface area (Å²) >= 11 is 0. The van der Waals surface area contributed by atoms with E-state index >= 15 is 0 Å². The first kappa shape index (κ1) is 12.3. The lowest BCUT2D eigenvalue weighted by atomic mass is 9.68. The Labute approximate surface area is 112 Å². The van der Waals surface area contributed by atoms with Gasteiger partial charge in [-0.25, -0.2) is 0 Å². The summed E-state index contributed by atoms with van der Waals surface area (Å²) in [6, 6.07) is 5.21. The van der Waals surface area contributed by atoms with Gasteiger partial charge < -0.3 is 9.84 Å². The third-order valence-corrected chi connectivity index (χ3v) is 4.34. The number of fused-ring (bicyclic) bond motifs is 3. The monoisotopic (exact) mass is 258 g/mol. The Balaban J connectivity index is 2.15. The van der Waals surface area contributed by atoms with Crippen LogP contribution in [0.15, 0.2) is 29.8 Å². The first-order valence-corrected chi connectivity index (χ1v) is 6.69. The fourth-order valence-corrected chi connectivity index (χ4v) is 3.36. The minimum atomic E-state index is -0.250. The smallest absolute Gasteiger partial charge is 0.145 e. The average Bonchev–Trinajstić information content (AvgIpc) is 2.39. The highest BCUT2D eigenvalue weighted by Gasteiger charge is 2.44. The zero-order valence-corrected chi connectivity index (χ0v) is 11.2. The Hall–Kier alpha value is -1.77. The maximum atomic E-state index is 11.0. The van der Waals surface area contributed by atoms with Gasteiger partial charge in [0.25, 0.3) is 0 Å². The van der Waals surface area contributed by atoms with Crippen LogP contribution >= 0.6 is 0 Å². The van der Waals surface area contributed by atoms with Crippen molar-refractivity contribution in [3.05, 3.63) is 35.4 Å². The highest BCUT2D eigenvalue weighted by atomic mass is 16.5. The van der Waals surface area contributed by atoms with Gasteiger partial charge in [0.15, 0.2) is 0 Å². The van der Waals surface area contributed by atoms with Crippen LogP contribution in [0.5, 0.6) is 11.5 Å². The SMILES string of the molecule is CC1(C)Oc2ccc(O)cc2[C@H]2C=C(C=O)CC[C@@H]21. The molecule has 0 radical (unpaired) electrons. The molecule has 0 saturated carbocycles. The maximum Gasteiger partial charge on any atom is 0.145 e. The van der Waals surface area contributed by atoms with Crippen molar-refractivity contribution < 1.29 is 14.6 Å². The van der Waals surface area contributed by atoms with Gasteiger partial charge in [-0.15, -0.1) is 0 Å². The van der Waals surface area contributed by atoms with E-state index in [1.807, 2.05) is 12.1 Å². The number of carbonyl (C=O) groups is 1. The first-order chi connectivity index (χ1) is 9.01. The first-order valence-electron chi connectivity index (χ1n) is 6.69. The number of benzene rings is 1. The largest absolute Gasteiger partial charge is 0.508 e. The van der Waals surface area contributed by atoms with Crippen molar-refractivity contribution in [2.45, 2.75) is 38.2 Å². The van der Waals surface area contributed by atoms with E-state index < -0.39 is 0 Å². The fraction of sp³-hybridized carbons (Fsp3) is 0.438. The van der Waals surface area contributed by atoms with E-state index in [9.17, 15) is 9.90 Å². The second kappa shape index (κ2) is 4.12. The molecular weight excluding hydrogens is 240 g/mol. The summed E-state index contributed by atoms with van der Waals surface area (Å²) in [4.78, 5) is 11.0. The van der Waals surface area contributed by atoms with Gasteiger partial charge in [0.2, 0.25) is 0 Å². The lowest BCUT2D eigenvalue weighted by Gasteiger charge is -2.46. The van der Waals surface area contributed by atoms with E-state index in [-0.39, 0.29) is 17.3 Å². The molecule has 0 spiro atoms. The van der Waals surface area contributed by atoms with Crippen molar-refractivity contribution in [1.82, 2.24) is 0 Å². The Kier molecular flexibility index (Phi) is 2.66. The van der Waals surface area contributed by atoms with Gasteiger partial charge in [-0.1, -0.05) is 6.08 Å². The molecule has 1 aromatic rings. The van der Waals surface area contributed by atoms with Crippen molar-refractivity contribution in [2.75, 3.05) is 0 Å². The molecular formula is C16H18O3. The van der Waals surface area contributed by atoms with E-state index in [0.717, 1.165) is 36.0 Å². The summed E-state index contributed by atoms with van der Waals surface area (Å²) in [6.07, 6.45) is 4.74. The molecule has 0 unspecified atom stereocenters. The van der Waals surface area contributed by atoms with Crippen LogP contribution in [0.2, 0.25) is 0 Å². The van der Waals surface area contributed by atoms with Gasteiger partial charge in [0.1, 0.15) is 23.4 Å². The third-order valence-electron chi connectivity index (χ3n) is 4.34. The number of aldehydes is 1. The number of ether oxygens (including phenoxy) is 1. The quantitative estimate of drug-likeness (QED) is 0.787. The Morgan fingerprint density at radius 1 is 1.42 bits per heavy atom. The van der Waals surface area contributed by atoms with Crippen molar-refractivity contribution in [3.8, 4) is 11.5 Å². The number of hydrogen-bond donors (Lipinski definition) is 1. The third kappa shape index (κ3) is 1.93. The maximum absolute atomic E-state index is 11.0. The number of phenolic OH excluding ortho intramolecular Hbond substituents is 1. The number of phenols is 1. The molecule has 19 heavy (non-hydrogen) atoms. The highest BCUT2D eigenvalue weighted by Crippen LogP contribution is 2.50. The van der Waals surface area contributed by atoms with Gasteiger partial charge in [-0.3, -0.25) is 4.79 Å². The highest BCUT2D eigenvalue weighted by molar-refractivity contribution is 5.74. The molecule has 0 bridgehead atoms. The molecule has 1 heterocycles. The van der Waals surface area contributed by atoms with Gasteiger partial charge in [0.05, 0.1) is 0 Å². The Morgan fingerprint density at radius 3 is 2.95 bits per heavy atom. The molecule has 2 atom stereocenters. The second-order valence-corrected chi connectivity index (χ2v) is 5.96. The Morgan fingerprint density at radius 2 is 2.21 bits per heavy atom. The fourth-order valence-electron chi connectivity index (χ4n) is 3.36. The molecule has 3 rings (SSSR count). The van der Waals surface area contributed by atoms with E-state index in [1.54, 1.807) is 12.1 Å². The number of carbonyl (C=O) groups excluding carboxylic acids is 1. The number of hydrogen-bond acceptors (Lipinski definition) is 3. The van der Waals surface area contributed by atoms with Crippen LogP contribution < -0.4 is 4.74 Å². The molecule has 100 valence electrons. The van der Waals surface area contributed by atoms with Crippen molar-refractivity contribution >= 4 is 6.29 Å². The number of aromatic hydroxyl groups is 1. The van der Waals surface area contributed by atoms with Crippen molar-refractivity contribution in [2.24, 2.45) is 5.92 Å². The van der Waals surface area contributed by atoms with Crippen LogP contribution in [0.4, 0.5) is 0 Å². The number of allylic oxidation sites excluding steroid dienone is 2. The molecule has 1 aromatic carbocycles. The van der Waals surface area contributed by atoms with Crippen LogP contribution in [0.3, 0.4) is 0 Å². The van der Waals surface area contributed by atoms with Crippen molar-refractivity contribution in [3.63, 3.8) is 0 Å². The minimum absolute atomic E-state index is 0.153. The van der Waals surface area contributed by atoms with E-state index in [2.05, 4.69) is 13.8 Å². The summed E-state index contributed by atoms with van der Waals surface area (Å²) in [6.45, 7) is 4.19. The lowest BCUT2D eigenvalue weighted by molar-refractivity contribution is -0.105. The normalized spacial score (nSPS) is 27.6. The molecule has 1 aliphatic carbocycles. The van der Waals surface area contributed by atoms with Gasteiger partial charge >= 0.3 is 0 Å². The topological polar surface area (TPSA) is 46.5 Å². The van der Waals surface area contributed by atoms with Crippen LogP contribution in [-0.2, 0) is 4.79 Å². The zero-order chi connectivity index (χ0) is 13.6. The van der Waals surface area contributed by atoms with Crippen LogP contribution in [0.1, 0.15) is 38.2 Å². The van der Waals surface area contributed by atoms with E-state index in [1.165, 1.54) is 0 Å². The molecule has 0 amide bonds. The predicted octanol–water partition coefficient (Wildman–Crippen LogP) is 3.18. The number of rotatable bonds is 1. The van der Waals surface area contributed by atoms with E-state index in [0.29, 0.717) is 5.92 Å². The predicted molar refractivity (Wildman–Crippen MR) is 72.4 cm³/mol. The summed E-state index contributed by atoms with van der Waals surface area (Å²) in [7, 11) is 0. The molecule has 2 aliphatic rings. The van der Waals surface area contributed by atoms with E-state index in [4.69, 9.17) is 4.74 Å². The molecule has 1 aliphatic heterocycles. The standard InChI is InChI=1S/C16H18O3/c1-16(2)14-5-3-10(9-17)7-12(14)13-8-11(18)4-6-15(13)19-16/h4,6-9,12,14,18H,3,5H2,1-2H3/t12-,14+/m1/s1. The minimum Gasteiger partial charge on any atom is -0.508 e. The van der Waals surface area contributed by atoms with Crippen LogP contribution in [-0.4, -0.2) is 17.0 Å². The van der Waals surface area contributed by atoms with Crippen LogP contribution in [0.25, 0.3) is 0 Å². The van der Waals surface area contributed by atoms with Crippen molar-refractivity contribution in [1.29, 1.82) is 0 Å². The summed E-state index contributed by atoms with van der Waals surface area (Å²) in [5.74, 6) is 1.55. The van der Waals surface area contributed by atoms with Gasteiger partial charge in [-0.2, -0.15) is 0 Å². The molecule has 3 heteroatoms. The van der Waals surface area contributed by atoms with Gasteiger partial charge in [-0.05, 0) is 50.5 Å².